The van der Waals surface area contributed by atoms with Crippen LogP contribution >= 0.6 is 11.6 Å². The van der Waals surface area contributed by atoms with Gasteiger partial charge in [-0.05, 0) is 58.1 Å². The average Bonchev–Trinajstić information content (AvgIpc) is 2.88. The zero-order valence-electron chi connectivity index (χ0n) is 22.2. The Kier molecular flexibility index (Phi) is 8.57. The van der Waals surface area contributed by atoms with Crippen LogP contribution < -0.4 is 9.64 Å². The Bertz CT molecular complexity index is 1160. The van der Waals surface area contributed by atoms with Gasteiger partial charge in [0.15, 0.2) is 5.75 Å². The second-order valence-corrected chi connectivity index (χ2v) is 10.8. The molecule has 206 valence electrons. The van der Waals surface area contributed by atoms with E-state index in [2.05, 4.69) is 9.97 Å². The Balaban J connectivity index is 1.49. The minimum atomic E-state index is -0.636. The van der Waals surface area contributed by atoms with E-state index in [1.807, 2.05) is 31.7 Å². The van der Waals surface area contributed by atoms with E-state index in [9.17, 15) is 14.9 Å². The number of piperidine rings is 1. The summed E-state index contributed by atoms with van der Waals surface area (Å²) >= 11 is 6.45. The van der Waals surface area contributed by atoms with Gasteiger partial charge in [0, 0.05) is 32.2 Å². The minimum absolute atomic E-state index is 0.0868. The molecule has 2 saturated heterocycles. The van der Waals surface area contributed by atoms with Gasteiger partial charge in [-0.1, -0.05) is 17.7 Å². The first-order valence-electron chi connectivity index (χ1n) is 12.8. The first kappa shape index (κ1) is 27.8. The van der Waals surface area contributed by atoms with Gasteiger partial charge in [-0.15, -0.1) is 0 Å². The lowest BCUT2D eigenvalue weighted by atomic mass is 9.89. The number of likely N-dealkylation sites (tertiary alicyclic amines) is 1. The smallest absolute Gasteiger partial charge is 0.410 e. The van der Waals surface area contributed by atoms with E-state index in [1.54, 1.807) is 24.0 Å². The van der Waals surface area contributed by atoms with Crippen LogP contribution in [0.5, 0.6) is 5.75 Å². The number of carbonyl (C=O) groups excluding carboxylic acids is 1. The van der Waals surface area contributed by atoms with Gasteiger partial charge in [-0.2, -0.15) is 0 Å². The van der Waals surface area contributed by atoms with Crippen molar-refractivity contribution in [3.8, 4) is 5.75 Å². The van der Waals surface area contributed by atoms with Crippen LogP contribution in [0, 0.1) is 10.1 Å². The number of hydrogen-bond donors (Lipinski definition) is 0. The number of rotatable bonds is 6. The van der Waals surface area contributed by atoms with Crippen molar-refractivity contribution in [1.29, 1.82) is 0 Å². The van der Waals surface area contributed by atoms with Gasteiger partial charge in [0.2, 0.25) is 0 Å². The van der Waals surface area contributed by atoms with Crippen molar-refractivity contribution in [3.63, 3.8) is 0 Å². The van der Waals surface area contributed by atoms with Crippen molar-refractivity contribution in [2.75, 3.05) is 44.3 Å². The molecule has 2 aliphatic rings. The van der Waals surface area contributed by atoms with E-state index in [-0.39, 0.29) is 28.6 Å². The topological polar surface area (TPSA) is 120 Å². The largest absolute Gasteiger partial charge is 0.479 e. The van der Waals surface area contributed by atoms with E-state index in [4.69, 9.17) is 25.8 Å². The third-order valence-corrected chi connectivity index (χ3v) is 6.93. The predicted octanol–water partition coefficient (Wildman–Crippen LogP) is 5.13. The summed E-state index contributed by atoms with van der Waals surface area (Å²) in [6.45, 7) is 10.8. The van der Waals surface area contributed by atoms with Crippen molar-refractivity contribution in [1.82, 2.24) is 14.9 Å². The number of aromatic nitrogens is 2. The summed E-state index contributed by atoms with van der Waals surface area (Å²) in [6, 6.07) is 5.06. The molecule has 0 saturated carbocycles. The Hall–Kier alpha value is -3.18. The molecule has 3 heterocycles. The van der Waals surface area contributed by atoms with Gasteiger partial charge in [0.05, 0.1) is 23.7 Å². The Morgan fingerprint density at radius 2 is 1.87 bits per heavy atom. The average molecular weight is 548 g/mol. The Morgan fingerprint density at radius 3 is 2.50 bits per heavy atom. The summed E-state index contributed by atoms with van der Waals surface area (Å²) in [4.78, 5) is 36.2. The molecule has 12 heteroatoms. The van der Waals surface area contributed by atoms with E-state index < -0.39 is 16.6 Å². The maximum Gasteiger partial charge on any atom is 0.410 e. The van der Waals surface area contributed by atoms with Crippen molar-refractivity contribution in [2.24, 2.45) is 0 Å². The molecule has 0 aliphatic carbocycles. The molecule has 0 N–H and O–H groups in total. The third-order valence-electron chi connectivity index (χ3n) is 6.63. The number of ether oxygens (including phenoxy) is 3. The lowest BCUT2D eigenvalue weighted by Crippen LogP contribution is -2.41. The minimum Gasteiger partial charge on any atom is -0.479 e. The summed E-state index contributed by atoms with van der Waals surface area (Å²) in [6.07, 6.45) is 1.80. The fourth-order valence-electron chi connectivity index (χ4n) is 4.74. The standard InChI is InChI=1S/C26H34ClN5O6/c1-17(22-23(27)28-16-29-24(22)30-11-13-36-14-12-30)37-21-6-5-19(15-20(21)32(34)35)18-7-9-31(10-8-18)25(33)38-26(2,3)4/h5-6,15-18H,7-14H2,1-4H3. The number of benzene rings is 1. The quantitative estimate of drug-likeness (QED) is 0.275. The highest BCUT2D eigenvalue weighted by Crippen LogP contribution is 2.39. The molecular formula is C26H34ClN5O6. The molecule has 11 nitrogen and oxygen atoms in total. The number of halogens is 1. The highest BCUT2D eigenvalue weighted by Gasteiger charge is 2.30. The zero-order valence-corrected chi connectivity index (χ0v) is 22.9. The number of nitrogens with zero attached hydrogens (tertiary/aromatic N) is 5. The fraction of sp³-hybridized carbons (Fsp3) is 0.577. The normalized spacial score (nSPS) is 17.7. The molecule has 1 amide bonds. The van der Waals surface area contributed by atoms with Crippen molar-refractivity contribution < 1.29 is 23.9 Å². The molecule has 4 rings (SSSR count). The predicted molar refractivity (Wildman–Crippen MR) is 142 cm³/mol. The third kappa shape index (κ3) is 6.63. The molecular weight excluding hydrogens is 514 g/mol. The molecule has 2 aliphatic heterocycles. The van der Waals surface area contributed by atoms with E-state index in [0.29, 0.717) is 63.6 Å². The molecule has 1 aromatic heterocycles. The van der Waals surface area contributed by atoms with Crippen LogP contribution in [0.4, 0.5) is 16.3 Å². The van der Waals surface area contributed by atoms with Crippen LogP contribution in [0.1, 0.15) is 63.7 Å². The molecule has 1 atom stereocenters. The van der Waals surface area contributed by atoms with Gasteiger partial charge in [-0.25, -0.2) is 14.8 Å². The van der Waals surface area contributed by atoms with Crippen LogP contribution in [0.15, 0.2) is 24.5 Å². The molecule has 0 radical (unpaired) electrons. The molecule has 2 aromatic rings. The monoisotopic (exact) mass is 547 g/mol. The lowest BCUT2D eigenvalue weighted by Gasteiger charge is -2.33. The summed E-state index contributed by atoms with van der Waals surface area (Å²) in [5, 5.41) is 12.3. The van der Waals surface area contributed by atoms with Crippen LogP contribution in [-0.4, -0.2) is 70.9 Å². The van der Waals surface area contributed by atoms with E-state index >= 15 is 0 Å². The molecule has 0 spiro atoms. The number of hydrogen-bond acceptors (Lipinski definition) is 9. The van der Waals surface area contributed by atoms with Crippen molar-refractivity contribution in [2.45, 2.75) is 58.2 Å². The SMILES string of the molecule is CC(Oc1ccc(C2CCN(C(=O)OC(C)(C)C)CC2)cc1[N+](=O)[O-])c1c(Cl)ncnc1N1CCOCC1. The fourth-order valence-corrected chi connectivity index (χ4v) is 5.03. The number of nitro groups is 1. The maximum absolute atomic E-state index is 12.4. The van der Waals surface area contributed by atoms with Crippen LogP contribution in [0.3, 0.4) is 0 Å². The summed E-state index contributed by atoms with van der Waals surface area (Å²) < 4.78 is 17.0. The second kappa shape index (κ2) is 11.7. The van der Waals surface area contributed by atoms with Crippen LogP contribution in [0.25, 0.3) is 0 Å². The number of morpholine rings is 1. The number of anilines is 1. The Morgan fingerprint density at radius 1 is 1.18 bits per heavy atom. The van der Waals surface area contributed by atoms with Crippen LogP contribution in [-0.2, 0) is 9.47 Å². The lowest BCUT2D eigenvalue weighted by molar-refractivity contribution is -0.386. The number of amides is 1. The number of nitro benzene ring substituents is 1. The van der Waals surface area contributed by atoms with Crippen LogP contribution in [0.2, 0.25) is 5.15 Å². The highest BCUT2D eigenvalue weighted by molar-refractivity contribution is 6.30. The first-order valence-corrected chi connectivity index (χ1v) is 13.2. The van der Waals surface area contributed by atoms with Gasteiger partial charge in [0.1, 0.15) is 29.0 Å². The van der Waals surface area contributed by atoms with Gasteiger partial charge < -0.3 is 24.0 Å². The summed E-state index contributed by atoms with van der Waals surface area (Å²) in [5.41, 5.74) is 0.741. The summed E-state index contributed by atoms with van der Waals surface area (Å²) in [5.74, 6) is 0.867. The zero-order chi connectivity index (χ0) is 27.4. The molecule has 1 aromatic carbocycles. The first-order chi connectivity index (χ1) is 18.0. The van der Waals surface area contributed by atoms with E-state index in [1.165, 1.54) is 6.33 Å². The second-order valence-electron chi connectivity index (χ2n) is 10.5. The molecule has 0 bridgehead atoms. The van der Waals surface area contributed by atoms with Crippen molar-refractivity contribution >= 4 is 29.2 Å². The summed E-state index contributed by atoms with van der Waals surface area (Å²) in [7, 11) is 0. The van der Waals surface area contributed by atoms with E-state index in [0.717, 1.165) is 5.56 Å². The molecule has 1 unspecified atom stereocenters. The maximum atomic E-state index is 12.4. The molecule has 38 heavy (non-hydrogen) atoms. The van der Waals surface area contributed by atoms with Gasteiger partial charge in [-0.3, -0.25) is 10.1 Å². The Labute approximate surface area is 227 Å². The van der Waals surface area contributed by atoms with Crippen molar-refractivity contribution in [3.05, 3.63) is 50.9 Å². The van der Waals surface area contributed by atoms with Gasteiger partial charge >= 0.3 is 11.8 Å². The number of carbonyl (C=O) groups is 1. The molecule has 2 fully saturated rings. The van der Waals surface area contributed by atoms with Gasteiger partial charge in [0.25, 0.3) is 0 Å². The highest BCUT2D eigenvalue weighted by atomic mass is 35.5.